The van der Waals surface area contributed by atoms with E-state index in [4.69, 9.17) is 0 Å². The molecule has 0 aliphatic heterocycles. The lowest BCUT2D eigenvalue weighted by Crippen LogP contribution is -2.20. The molecule has 0 amide bonds. The molecule has 1 aromatic carbocycles. The van der Waals surface area contributed by atoms with Crippen molar-refractivity contribution in [2.75, 3.05) is 7.05 Å². The molecule has 0 bridgehead atoms. The fourth-order valence-electron chi connectivity index (χ4n) is 3.43. The van der Waals surface area contributed by atoms with E-state index in [0.29, 0.717) is 6.04 Å². The highest BCUT2D eigenvalue weighted by Gasteiger charge is 2.16. The maximum atomic E-state index is 4.26. The van der Waals surface area contributed by atoms with Crippen LogP contribution >= 0.6 is 0 Å². The van der Waals surface area contributed by atoms with Crippen LogP contribution in [-0.2, 0) is 25.7 Å². The minimum absolute atomic E-state index is 0.363. The van der Waals surface area contributed by atoms with Crippen LogP contribution < -0.4 is 5.32 Å². The summed E-state index contributed by atoms with van der Waals surface area (Å²) in [6, 6.07) is 9.58. The quantitative estimate of drug-likeness (QED) is 0.904. The summed E-state index contributed by atoms with van der Waals surface area (Å²) in [5, 5.41) is 3.48. The van der Waals surface area contributed by atoms with Crippen LogP contribution in [0.4, 0.5) is 0 Å². The summed E-state index contributed by atoms with van der Waals surface area (Å²) >= 11 is 0. The number of pyridine rings is 1. The zero-order valence-electron chi connectivity index (χ0n) is 13.0. The van der Waals surface area contributed by atoms with Crippen molar-refractivity contribution in [2.45, 2.75) is 45.1 Å². The number of benzene rings is 1. The molecule has 0 saturated carbocycles. The average Bonchev–Trinajstić information content (AvgIpc) is 3.00. The van der Waals surface area contributed by atoms with Gasteiger partial charge >= 0.3 is 0 Å². The first-order valence-corrected chi connectivity index (χ1v) is 8.02. The van der Waals surface area contributed by atoms with Crippen molar-refractivity contribution in [3.05, 3.63) is 64.5 Å². The number of nitrogens with zero attached hydrogens (tertiary/aromatic N) is 1. The normalized spacial score (nSPS) is 15.0. The average molecular weight is 280 g/mol. The van der Waals surface area contributed by atoms with Crippen LogP contribution in [0.1, 0.15) is 47.2 Å². The van der Waals surface area contributed by atoms with Gasteiger partial charge in [0.2, 0.25) is 0 Å². The highest BCUT2D eigenvalue weighted by Crippen LogP contribution is 2.26. The third-order valence-corrected chi connectivity index (χ3v) is 4.65. The summed E-state index contributed by atoms with van der Waals surface area (Å²) in [6.07, 6.45) is 9.81. The monoisotopic (exact) mass is 280 g/mol. The Morgan fingerprint density at radius 3 is 2.86 bits per heavy atom. The Balaban J connectivity index is 1.84. The molecular weight excluding hydrogens is 256 g/mol. The highest BCUT2D eigenvalue weighted by molar-refractivity contribution is 5.37. The van der Waals surface area contributed by atoms with Gasteiger partial charge in [-0.25, -0.2) is 0 Å². The van der Waals surface area contributed by atoms with Gasteiger partial charge in [-0.05, 0) is 73.0 Å². The number of likely N-dealkylation sites (N-methyl/N-ethyl adjacent to an activating group) is 1. The van der Waals surface area contributed by atoms with Gasteiger partial charge in [0.25, 0.3) is 0 Å². The number of rotatable bonds is 5. The number of fused-ring (bicyclic) bond motifs is 1. The van der Waals surface area contributed by atoms with Crippen molar-refractivity contribution < 1.29 is 0 Å². The Bertz CT molecular complexity index is 619. The van der Waals surface area contributed by atoms with Crippen LogP contribution in [-0.4, -0.2) is 12.0 Å². The van der Waals surface area contributed by atoms with E-state index in [1.54, 1.807) is 11.1 Å². The van der Waals surface area contributed by atoms with Crippen molar-refractivity contribution in [2.24, 2.45) is 0 Å². The summed E-state index contributed by atoms with van der Waals surface area (Å²) in [5.74, 6) is 0. The largest absolute Gasteiger partial charge is 0.313 e. The van der Waals surface area contributed by atoms with E-state index in [9.17, 15) is 0 Å². The second kappa shape index (κ2) is 6.40. The number of nitrogens with one attached hydrogen (secondary N) is 1. The smallest absolute Gasteiger partial charge is 0.0362 e. The van der Waals surface area contributed by atoms with E-state index in [0.717, 1.165) is 12.8 Å². The lowest BCUT2D eigenvalue weighted by atomic mass is 9.94. The molecule has 0 spiro atoms. The van der Waals surface area contributed by atoms with Gasteiger partial charge < -0.3 is 5.32 Å². The van der Waals surface area contributed by atoms with Crippen LogP contribution in [0.3, 0.4) is 0 Å². The summed E-state index contributed by atoms with van der Waals surface area (Å²) in [7, 11) is 2.05. The number of hydrogen-bond acceptors (Lipinski definition) is 2. The van der Waals surface area contributed by atoms with Crippen LogP contribution in [0.15, 0.2) is 36.7 Å². The molecule has 1 aliphatic carbocycles. The molecule has 3 rings (SSSR count). The first-order valence-electron chi connectivity index (χ1n) is 8.02. The molecule has 1 aromatic heterocycles. The fourth-order valence-corrected chi connectivity index (χ4v) is 3.43. The molecule has 1 heterocycles. The van der Waals surface area contributed by atoms with E-state index in [-0.39, 0.29) is 0 Å². The molecule has 1 unspecified atom stereocenters. The maximum Gasteiger partial charge on any atom is 0.0362 e. The summed E-state index contributed by atoms with van der Waals surface area (Å²) < 4.78 is 0. The van der Waals surface area contributed by atoms with Crippen molar-refractivity contribution in [3.63, 3.8) is 0 Å². The number of hydrogen-bond donors (Lipinski definition) is 1. The van der Waals surface area contributed by atoms with Gasteiger partial charge in [0, 0.05) is 18.4 Å². The van der Waals surface area contributed by atoms with Crippen LogP contribution in [0.25, 0.3) is 0 Å². The van der Waals surface area contributed by atoms with Crippen molar-refractivity contribution in [3.8, 4) is 0 Å². The van der Waals surface area contributed by atoms with E-state index >= 15 is 0 Å². The number of aromatic nitrogens is 1. The third-order valence-electron chi connectivity index (χ3n) is 4.65. The summed E-state index contributed by atoms with van der Waals surface area (Å²) in [4.78, 5) is 4.26. The lowest BCUT2D eigenvalue weighted by molar-refractivity contribution is 0.585. The summed E-state index contributed by atoms with van der Waals surface area (Å²) in [6.45, 7) is 2.20. The summed E-state index contributed by atoms with van der Waals surface area (Å²) in [5.41, 5.74) is 7.29. The van der Waals surface area contributed by atoms with Gasteiger partial charge in [-0.2, -0.15) is 0 Å². The van der Waals surface area contributed by atoms with Gasteiger partial charge in [0.05, 0.1) is 0 Å². The molecule has 1 N–H and O–H groups in total. The molecule has 0 radical (unpaired) electrons. The molecule has 1 atom stereocenters. The topological polar surface area (TPSA) is 24.9 Å². The SMILES string of the molecule is CCc1cnccc1C(Cc1ccc2c(c1)CCC2)NC. The van der Waals surface area contributed by atoms with Crippen LogP contribution in [0.5, 0.6) is 0 Å². The maximum absolute atomic E-state index is 4.26. The molecule has 2 nitrogen and oxygen atoms in total. The Labute approximate surface area is 127 Å². The first kappa shape index (κ1) is 14.3. The Morgan fingerprint density at radius 1 is 1.19 bits per heavy atom. The molecule has 110 valence electrons. The standard InChI is InChI=1S/C19H24N2/c1-3-15-13-21-10-9-18(15)19(20-2)12-14-7-8-16-5-4-6-17(16)11-14/h7-11,13,19-20H,3-6,12H2,1-2H3. The Morgan fingerprint density at radius 2 is 2.05 bits per heavy atom. The minimum atomic E-state index is 0.363. The van der Waals surface area contributed by atoms with Crippen molar-refractivity contribution in [1.29, 1.82) is 0 Å². The van der Waals surface area contributed by atoms with Gasteiger partial charge in [-0.1, -0.05) is 25.1 Å². The van der Waals surface area contributed by atoms with E-state index in [1.807, 2.05) is 12.4 Å². The molecule has 2 aromatic rings. The van der Waals surface area contributed by atoms with Gasteiger partial charge in [0.1, 0.15) is 0 Å². The number of aryl methyl sites for hydroxylation is 3. The second-order valence-electron chi connectivity index (χ2n) is 5.93. The molecule has 0 saturated heterocycles. The van der Waals surface area contributed by atoms with E-state index in [2.05, 4.69) is 48.5 Å². The molecular formula is C19H24N2. The first-order chi connectivity index (χ1) is 10.3. The third kappa shape index (κ3) is 3.01. The Kier molecular flexibility index (Phi) is 4.35. The molecule has 21 heavy (non-hydrogen) atoms. The van der Waals surface area contributed by atoms with Gasteiger partial charge in [-0.15, -0.1) is 0 Å². The minimum Gasteiger partial charge on any atom is -0.313 e. The van der Waals surface area contributed by atoms with E-state index < -0.39 is 0 Å². The highest BCUT2D eigenvalue weighted by atomic mass is 14.9. The van der Waals surface area contributed by atoms with E-state index in [1.165, 1.54) is 36.0 Å². The lowest BCUT2D eigenvalue weighted by Gasteiger charge is -2.20. The molecule has 0 fully saturated rings. The predicted octanol–water partition coefficient (Wildman–Crippen LogP) is 3.64. The van der Waals surface area contributed by atoms with Crippen molar-refractivity contribution in [1.82, 2.24) is 10.3 Å². The zero-order chi connectivity index (χ0) is 14.7. The zero-order valence-corrected chi connectivity index (χ0v) is 13.0. The van der Waals surface area contributed by atoms with Crippen molar-refractivity contribution >= 4 is 0 Å². The molecule has 1 aliphatic rings. The van der Waals surface area contributed by atoms with Crippen LogP contribution in [0.2, 0.25) is 0 Å². The molecule has 2 heteroatoms. The van der Waals surface area contributed by atoms with Crippen LogP contribution in [0, 0.1) is 0 Å². The fraction of sp³-hybridized carbons (Fsp3) is 0.421. The Hall–Kier alpha value is -1.67. The predicted molar refractivity (Wildman–Crippen MR) is 87.6 cm³/mol. The second-order valence-corrected chi connectivity index (χ2v) is 5.93. The van der Waals surface area contributed by atoms with Gasteiger partial charge in [-0.3, -0.25) is 4.98 Å². The van der Waals surface area contributed by atoms with Gasteiger partial charge in [0.15, 0.2) is 0 Å².